The van der Waals surface area contributed by atoms with Crippen LogP contribution in [0.4, 0.5) is 0 Å². The van der Waals surface area contributed by atoms with E-state index in [9.17, 15) is 4.79 Å². The van der Waals surface area contributed by atoms with Crippen LogP contribution in [-0.2, 0) is 11.2 Å². The second-order valence-corrected chi connectivity index (χ2v) is 6.31. The second kappa shape index (κ2) is 4.94. The lowest BCUT2D eigenvalue weighted by Gasteiger charge is -1.93. The van der Waals surface area contributed by atoms with E-state index in [1.165, 1.54) is 17.3 Å². The molecule has 0 bridgehead atoms. The average molecular weight is 292 g/mol. The summed E-state index contributed by atoms with van der Waals surface area (Å²) in [6.45, 7) is 2.12. The van der Waals surface area contributed by atoms with Crippen molar-refractivity contribution in [2.24, 2.45) is 4.99 Å². The normalized spacial score (nSPS) is 18.8. The van der Waals surface area contributed by atoms with E-state index < -0.39 is 12.0 Å². The molecule has 0 fully saturated rings. The van der Waals surface area contributed by atoms with E-state index in [4.69, 9.17) is 5.11 Å². The molecule has 1 N–H and O–H groups in total. The van der Waals surface area contributed by atoms with Crippen LogP contribution in [-0.4, -0.2) is 32.9 Å². The van der Waals surface area contributed by atoms with E-state index in [1.54, 1.807) is 11.3 Å². The smallest absolute Gasteiger partial charge is 0.329 e. The average Bonchev–Trinajstić information content (AvgIpc) is 3.04. The minimum Gasteiger partial charge on any atom is -0.480 e. The van der Waals surface area contributed by atoms with Gasteiger partial charge in [0.15, 0.2) is 6.04 Å². The molecule has 4 nitrogen and oxygen atoms in total. The predicted octanol–water partition coefficient (Wildman–Crippen LogP) is 2.81. The molecular weight excluding hydrogens is 280 g/mol. The summed E-state index contributed by atoms with van der Waals surface area (Å²) < 4.78 is 1.14. The fourth-order valence-corrected chi connectivity index (χ4v) is 4.02. The molecule has 0 saturated carbocycles. The molecule has 3 rings (SSSR count). The summed E-state index contributed by atoms with van der Waals surface area (Å²) in [6, 6.07) is 5.61. The van der Waals surface area contributed by atoms with Gasteiger partial charge in [-0.25, -0.2) is 9.78 Å². The van der Waals surface area contributed by atoms with Crippen molar-refractivity contribution in [3.8, 4) is 0 Å². The van der Waals surface area contributed by atoms with E-state index in [0.29, 0.717) is 5.75 Å². The Morgan fingerprint density at radius 1 is 1.53 bits per heavy atom. The predicted molar refractivity (Wildman–Crippen MR) is 79.4 cm³/mol. The van der Waals surface area contributed by atoms with Crippen molar-refractivity contribution >= 4 is 44.3 Å². The SMILES string of the molecule is CCc1ccc2nc(C3=N[C@@H](C(=O)O)CS3)sc2c1. The van der Waals surface area contributed by atoms with Crippen LogP contribution in [0.1, 0.15) is 17.5 Å². The number of hydrogen-bond acceptors (Lipinski definition) is 5. The Kier molecular flexibility index (Phi) is 3.28. The van der Waals surface area contributed by atoms with Gasteiger partial charge in [-0.05, 0) is 24.1 Å². The summed E-state index contributed by atoms with van der Waals surface area (Å²) in [5.41, 5.74) is 2.24. The molecule has 6 heteroatoms. The van der Waals surface area contributed by atoms with Gasteiger partial charge >= 0.3 is 5.97 Å². The quantitative estimate of drug-likeness (QED) is 0.945. The molecule has 19 heavy (non-hydrogen) atoms. The molecule has 2 heterocycles. The Morgan fingerprint density at radius 3 is 3.05 bits per heavy atom. The monoisotopic (exact) mass is 292 g/mol. The van der Waals surface area contributed by atoms with E-state index in [0.717, 1.165) is 26.7 Å². The van der Waals surface area contributed by atoms with Crippen molar-refractivity contribution < 1.29 is 9.90 Å². The van der Waals surface area contributed by atoms with E-state index in [2.05, 4.69) is 29.0 Å². The van der Waals surface area contributed by atoms with E-state index in [1.807, 2.05) is 6.07 Å². The zero-order chi connectivity index (χ0) is 13.4. The molecule has 0 spiro atoms. The van der Waals surface area contributed by atoms with Crippen LogP contribution in [0.2, 0.25) is 0 Å². The largest absolute Gasteiger partial charge is 0.480 e. The number of benzene rings is 1. The van der Waals surface area contributed by atoms with Crippen molar-refractivity contribution in [2.45, 2.75) is 19.4 Å². The zero-order valence-electron chi connectivity index (χ0n) is 10.3. The summed E-state index contributed by atoms with van der Waals surface area (Å²) >= 11 is 3.06. The standard InChI is InChI=1S/C13H12N2O2S2/c1-2-7-3-4-8-10(5-7)19-12(14-8)11-15-9(6-18-11)13(16)17/h3-5,9H,2,6H2,1H3,(H,16,17)/t9-/m1/s1. The van der Waals surface area contributed by atoms with Gasteiger partial charge in [-0.15, -0.1) is 23.1 Å². The van der Waals surface area contributed by atoms with Gasteiger partial charge in [0, 0.05) is 5.75 Å². The summed E-state index contributed by atoms with van der Waals surface area (Å²) in [5.74, 6) is -0.363. The highest BCUT2D eigenvalue weighted by molar-refractivity contribution is 8.15. The van der Waals surface area contributed by atoms with E-state index in [-0.39, 0.29) is 0 Å². The molecule has 2 aromatic rings. The number of hydrogen-bond donors (Lipinski definition) is 1. The molecule has 1 atom stereocenters. The summed E-state index contributed by atoms with van der Waals surface area (Å²) in [4.78, 5) is 19.7. The molecule has 1 aromatic carbocycles. The Hall–Kier alpha value is -1.40. The highest BCUT2D eigenvalue weighted by Crippen LogP contribution is 2.30. The Labute approximate surface area is 118 Å². The van der Waals surface area contributed by atoms with Crippen LogP contribution in [0.25, 0.3) is 10.2 Å². The van der Waals surface area contributed by atoms with Crippen molar-refractivity contribution in [3.05, 3.63) is 28.8 Å². The number of fused-ring (bicyclic) bond motifs is 1. The Bertz CT molecular complexity index is 678. The highest BCUT2D eigenvalue weighted by Gasteiger charge is 2.26. The van der Waals surface area contributed by atoms with Crippen LogP contribution in [0.5, 0.6) is 0 Å². The number of aromatic nitrogens is 1. The van der Waals surface area contributed by atoms with Gasteiger partial charge < -0.3 is 5.11 Å². The molecule has 1 aromatic heterocycles. The minimum atomic E-state index is -0.864. The van der Waals surface area contributed by atoms with Crippen molar-refractivity contribution in [2.75, 3.05) is 5.75 Å². The summed E-state index contributed by atoms with van der Waals surface area (Å²) in [6.07, 6.45) is 1.000. The van der Waals surface area contributed by atoms with Gasteiger partial charge in [0.1, 0.15) is 10.1 Å². The molecule has 0 aliphatic carbocycles. The second-order valence-electron chi connectivity index (χ2n) is 4.27. The van der Waals surface area contributed by atoms with Crippen molar-refractivity contribution in [1.82, 2.24) is 4.98 Å². The van der Waals surface area contributed by atoms with Gasteiger partial charge in [-0.1, -0.05) is 13.0 Å². The summed E-state index contributed by atoms with van der Waals surface area (Å²) in [5, 5.41) is 10.5. The maximum Gasteiger partial charge on any atom is 0.329 e. The Morgan fingerprint density at radius 2 is 2.37 bits per heavy atom. The molecular formula is C13H12N2O2S2. The third-order valence-corrected chi connectivity index (χ3v) is 5.19. The van der Waals surface area contributed by atoms with Crippen LogP contribution < -0.4 is 0 Å². The highest BCUT2D eigenvalue weighted by atomic mass is 32.2. The van der Waals surface area contributed by atoms with Crippen LogP contribution >= 0.6 is 23.1 Å². The molecule has 1 aliphatic heterocycles. The fourth-order valence-electron chi connectivity index (χ4n) is 1.90. The molecule has 1 aliphatic rings. The first-order chi connectivity index (χ1) is 9.17. The first kappa shape index (κ1) is 12.6. The summed E-state index contributed by atoms with van der Waals surface area (Å²) in [7, 11) is 0. The van der Waals surface area contributed by atoms with Gasteiger partial charge in [0.05, 0.1) is 10.2 Å². The molecule has 0 radical (unpaired) electrons. The first-order valence-electron chi connectivity index (χ1n) is 6.00. The van der Waals surface area contributed by atoms with Crippen molar-refractivity contribution in [3.63, 3.8) is 0 Å². The van der Waals surface area contributed by atoms with Gasteiger partial charge in [-0.2, -0.15) is 0 Å². The lowest BCUT2D eigenvalue weighted by Crippen LogP contribution is -2.17. The topological polar surface area (TPSA) is 62.5 Å². The zero-order valence-corrected chi connectivity index (χ0v) is 11.9. The van der Waals surface area contributed by atoms with Crippen LogP contribution in [0, 0.1) is 0 Å². The number of rotatable bonds is 3. The number of carbonyl (C=O) groups is 1. The number of aliphatic carboxylic acids is 1. The first-order valence-corrected chi connectivity index (χ1v) is 7.81. The van der Waals surface area contributed by atoms with Gasteiger partial charge in [-0.3, -0.25) is 4.99 Å². The van der Waals surface area contributed by atoms with Crippen LogP contribution in [0.3, 0.4) is 0 Å². The number of carboxylic acids is 1. The maximum absolute atomic E-state index is 10.9. The number of nitrogens with zero attached hydrogens (tertiary/aromatic N) is 2. The molecule has 0 amide bonds. The number of aliphatic imine (C=N–C) groups is 1. The van der Waals surface area contributed by atoms with Crippen LogP contribution in [0.15, 0.2) is 23.2 Å². The maximum atomic E-state index is 10.9. The Balaban J connectivity index is 1.98. The lowest BCUT2D eigenvalue weighted by atomic mass is 10.2. The third kappa shape index (κ3) is 2.37. The fraction of sp³-hybridized carbons (Fsp3) is 0.308. The van der Waals surface area contributed by atoms with Gasteiger partial charge in [0.2, 0.25) is 0 Å². The van der Waals surface area contributed by atoms with Gasteiger partial charge in [0.25, 0.3) is 0 Å². The lowest BCUT2D eigenvalue weighted by molar-refractivity contribution is -0.137. The molecule has 0 unspecified atom stereocenters. The van der Waals surface area contributed by atoms with Crippen molar-refractivity contribution in [1.29, 1.82) is 0 Å². The molecule has 98 valence electrons. The third-order valence-electron chi connectivity index (χ3n) is 2.98. The number of thiazole rings is 1. The number of aryl methyl sites for hydroxylation is 1. The molecule has 0 saturated heterocycles. The minimum absolute atomic E-state index is 0.501. The van der Waals surface area contributed by atoms with E-state index >= 15 is 0 Å². The number of carboxylic acid groups (broad SMARTS) is 1. The number of thioether (sulfide) groups is 1.